The minimum Gasteiger partial charge on any atom is -0.370 e. The van der Waals surface area contributed by atoms with E-state index < -0.39 is 6.03 Å². The van der Waals surface area contributed by atoms with Crippen molar-refractivity contribution in [3.05, 3.63) is 0 Å². The van der Waals surface area contributed by atoms with Crippen molar-refractivity contribution in [1.29, 1.82) is 0 Å². The zero-order valence-electron chi connectivity index (χ0n) is 5.37. The number of rotatable bonds is 0. The maximum absolute atomic E-state index is 10.7. The van der Waals surface area contributed by atoms with Gasteiger partial charge in [-0.1, -0.05) is 0 Å². The lowest BCUT2D eigenvalue weighted by Crippen LogP contribution is -2.47. The summed E-state index contributed by atoms with van der Waals surface area (Å²) < 4.78 is 4.76. The van der Waals surface area contributed by atoms with Gasteiger partial charge in [-0.2, -0.15) is 0 Å². The molecule has 56 valence electrons. The second-order valence-electron chi connectivity index (χ2n) is 1.94. The Hall–Kier alpha value is -1.10. The van der Waals surface area contributed by atoms with Crippen molar-refractivity contribution >= 4 is 11.9 Å². The molecule has 0 saturated carbocycles. The van der Waals surface area contributed by atoms with Crippen LogP contribution in [0.1, 0.15) is 0 Å². The van der Waals surface area contributed by atoms with Crippen LogP contribution >= 0.6 is 0 Å². The molecule has 5 heteroatoms. The predicted octanol–water partition coefficient (Wildman–Crippen LogP) is -1.08. The summed E-state index contributed by atoms with van der Waals surface area (Å²) in [6.07, 6.45) is 0. The van der Waals surface area contributed by atoms with Crippen LogP contribution < -0.4 is 5.73 Å². The molecule has 0 aliphatic carbocycles. The van der Waals surface area contributed by atoms with Gasteiger partial charge < -0.3 is 10.5 Å². The van der Waals surface area contributed by atoms with Gasteiger partial charge in [0.05, 0.1) is 13.2 Å². The third kappa shape index (κ3) is 1.24. The Morgan fingerprint density at radius 3 is 2.80 bits per heavy atom. The summed E-state index contributed by atoms with van der Waals surface area (Å²) in [6, 6.07) is -0.701. The van der Waals surface area contributed by atoms with Crippen molar-refractivity contribution in [2.24, 2.45) is 5.73 Å². The summed E-state index contributed by atoms with van der Waals surface area (Å²) in [5, 5.41) is 0. The van der Waals surface area contributed by atoms with Crippen LogP contribution in [0, 0.1) is 0 Å². The van der Waals surface area contributed by atoms with Crippen LogP contribution in [-0.4, -0.2) is 36.6 Å². The molecule has 3 amide bonds. The molecule has 0 aromatic heterocycles. The first-order chi connectivity index (χ1) is 4.72. The largest absolute Gasteiger partial charge is 0.370 e. The number of nitrogens with zero attached hydrogens (tertiary/aromatic N) is 1. The molecular formula is C5H8N2O3. The molecule has 1 saturated heterocycles. The number of urea groups is 1. The van der Waals surface area contributed by atoms with Crippen molar-refractivity contribution in [2.45, 2.75) is 0 Å². The van der Waals surface area contributed by atoms with Crippen molar-refractivity contribution in [3.63, 3.8) is 0 Å². The fourth-order valence-corrected chi connectivity index (χ4v) is 0.751. The summed E-state index contributed by atoms with van der Waals surface area (Å²) in [6.45, 7) is 0.617. The Morgan fingerprint density at radius 1 is 1.70 bits per heavy atom. The fraction of sp³-hybridized carbons (Fsp3) is 0.600. The van der Waals surface area contributed by atoms with Gasteiger partial charge in [0.25, 0.3) is 5.91 Å². The molecule has 5 nitrogen and oxygen atoms in total. The SMILES string of the molecule is NC(=O)N1CCOCC1=O. The van der Waals surface area contributed by atoms with Crippen molar-refractivity contribution in [2.75, 3.05) is 19.8 Å². The molecule has 0 atom stereocenters. The molecule has 1 heterocycles. The number of hydrogen-bond donors (Lipinski definition) is 1. The highest BCUT2D eigenvalue weighted by Gasteiger charge is 2.22. The normalized spacial score (nSPS) is 19.2. The smallest absolute Gasteiger partial charge is 0.321 e. The highest BCUT2D eigenvalue weighted by atomic mass is 16.5. The maximum Gasteiger partial charge on any atom is 0.321 e. The van der Waals surface area contributed by atoms with E-state index in [-0.39, 0.29) is 19.1 Å². The van der Waals surface area contributed by atoms with Crippen LogP contribution in [0.2, 0.25) is 0 Å². The van der Waals surface area contributed by atoms with E-state index in [1.165, 1.54) is 0 Å². The van der Waals surface area contributed by atoms with E-state index in [1.807, 2.05) is 0 Å². The molecule has 2 N–H and O–H groups in total. The van der Waals surface area contributed by atoms with Gasteiger partial charge in [0, 0.05) is 0 Å². The van der Waals surface area contributed by atoms with Crippen LogP contribution in [-0.2, 0) is 9.53 Å². The second kappa shape index (κ2) is 2.66. The fourth-order valence-electron chi connectivity index (χ4n) is 0.751. The molecule has 10 heavy (non-hydrogen) atoms. The van der Waals surface area contributed by atoms with E-state index in [4.69, 9.17) is 10.5 Å². The molecule has 0 spiro atoms. The molecule has 1 fully saturated rings. The lowest BCUT2D eigenvalue weighted by molar-refractivity contribution is -0.138. The number of carbonyl (C=O) groups is 2. The molecule has 1 rings (SSSR count). The third-order valence-electron chi connectivity index (χ3n) is 1.25. The van der Waals surface area contributed by atoms with Gasteiger partial charge in [-0.25, -0.2) is 4.79 Å². The van der Waals surface area contributed by atoms with Gasteiger partial charge in [-0.3, -0.25) is 9.69 Å². The summed E-state index contributed by atoms with van der Waals surface area (Å²) in [7, 11) is 0. The number of ether oxygens (including phenoxy) is 1. The monoisotopic (exact) mass is 144 g/mol. The highest BCUT2D eigenvalue weighted by Crippen LogP contribution is 1.96. The average Bonchev–Trinajstić information content (AvgIpc) is 1.88. The molecule has 0 aromatic carbocycles. The first-order valence-corrected chi connectivity index (χ1v) is 2.89. The Labute approximate surface area is 57.7 Å². The van der Waals surface area contributed by atoms with Gasteiger partial charge in [-0.05, 0) is 0 Å². The molecule has 0 bridgehead atoms. The summed E-state index contributed by atoms with van der Waals surface area (Å²) in [4.78, 5) is 22.1. The predicted molar refractivity (Wildman–Crippen MR) is 32.1 cm³/mol. The number of carbonyl (C=O) groups excluding carboxylic acids is 2. The minimum atomic E-state index is -0.701. The minimum absolute atomic E-state index is 0.0388. The quantitative estimate of drug-likeness (QED) is 0.470. The van der Waals surface area contributed by atoms with Gasteiger partial charge in [0.15, 0.2) is 0 Å². The average molecular weight is 144 g/mol. The zero-order chi connectivity index (χ0) is 7.56. The van der Waals surface area contributed by atoms with E-state index in [0.29, 0.717) is 6.61 Å². The third-order valence-corrected chi connectivity index (χ3v) is 1.25. The molecule has 1 aliphatic rings. The lowest BCUT2D eigenvalue weighted by Gasteiger charge is -2.22. The van der Waals surface area contributed by atoms with Gasteiger partial charge in [0.1, 0.15) is 6.61 Å². The molecule has 1 aliphatic heterocycles. The van der Waals surface area contributed by atoms with Gasteiger partial charge in [-0.15, -0.1) is 0 Å². The summed E-state index contributed by atoms with van der Waals surface area (Å²) >= 11 is 0. The van der Waals surface area contributed by atoms with E-state index in [0.717, 1.165) is 4.90 Å². The summed E-state index contributed by atoms with van der Waals surface area (Å²) in [5.74, 6) is -0.362. The number of primary amides is 1. The van der Waals surface area contributed by atoms with Crippen molar-refractivity contribution in [1.82, 2.24) is 4.90 Å². The number of amides is 3. The number of imide groups is 1. The van der Waals surface area contributed by atoms with Gasteiger partial charge >= 0.3 is 6.03 Å². The number of hydrogen-bond acceptors (Lipinski definition) is 3. The standard InChI is InChI=1S/C5H8N2O3/c6-5(9)7-1-2-10-3-4(7)8/h1-3H2,(H2,6,9). The Morgan fingerprint density at radius 2 is 2.40 bits per heavy atom. The number of nitrogens with two attached hydrogens (primary N) is 1. The first-order valence-electron chi connectivity index (χ1n) is 2.89. The van der Waals surface area contributed by atoms with E-state index >= 15 is 0 Å². The Bertz CT molecular complexity index is 168. The van der Waals surface area contributed by atoms with Crippen LogP contribution in [0.25, 0.3) is 0 Å². The Kier molecular flexibility index (Phi) is 1.86. The Balaban J connectivity index is 2.56. The zero-order valence-corrected chi connectivity index (χ0v) is 5.37. The molecule has 0 radical (unpaired) electrons. The second-order valence-corrected chi connectivity index (χ2v) is 1.94. The van der Waals surface area contributed by atoms with Crippen molar-refractivity contribution < 1.29 is 14.3 Å². The molecule has 0 aromatic rings. The maximum atomic E-state index is 10.7. The molecule has 0 unspecified atom stereocenters. The van der Waals surface area contributed by atoms with Crippen LogP contribution in [0.5, 0.6) is 0 Å². The number of morpholine rings is 1. The van der Waals surface area contributed by atoms with Crippen LogP contribution in [0.4, 0.5) is 4.79 Å². The van der Waals surface area contributed by atoms with E-state index in [2.05, 4.69) is 0 Å². The van der Waals surface area contributed by atoms with Crippen LogP contribution in [0.15, 0.2) is 0 Å². The molecular weight excluding hydrogens is 136 g/mol. The van der Waals surface area contributed by atoms with E-state index in [9.17, 15) is 9.59 Å². The lowest BCUT2D eigenvalue weighted by atomic mass is 10.4. The first kappa shape index (κ1) is 7.01. The van der Waals surface area contributed by atoms with E-state index in [1.54, 1.807) is 0 Å². The van der Waals surface area contributed by atoms with Gasteiger partial charge in [0.2, 0.25) is 0 Å². The van der Waals surface area contributed by atoms with Crippen LogP contribution in [0.3, 0.4) is 0 Å². The van der Waals surface area contributed by atoms with Crippen molar-refractivity contribution in [3.8, 4) is 0 Å². The summed E-state index contributed by atoms with van der Waals surface area (Å²) in [5.41, 5.74) is 4.87. The topological polar surface area (TPSA) is 72.6 Å². The highest BCUT2D eigenvalue weighted by molar-refractivity contribution is 5.94.